The summed E-state index contributed by atoms with van der Waals surface area (Å²) in [6, 6.07) is 10.6. The first kappa shape index (κ1) is 27.1. The van der Waals surface area contributed by atoms with Gasteiger partial charge in [0.15, 0.2) is 9.84 Å². The maximum atomic E-state index is 13.2. The average Bonchev–Trinajstić information content (AvgIpc) is 3.52. The second kappa shape index (κ2) is 11.3. The van der Waals surface area contributed by atoms with Gasteiger partial charge in [-0.25, -0.2) is 8.42 Å². The number of likely N-dealkylation sites (tertiary alicyclic amines) is 1. The summed E-state index contributed by atoms with van der Waals surface area (Å²) in [7, 11) is -3.32. The third-order valence-electron chi connectivity index (χ3n) is 6.66. The van der Waals surface area contributed by atoms with E-state index < -0.39 is 22.0 Å². The second-order valence-electron chi connectivity index (χ2n) is 9.64. The Morgan fingerprint density at radius 3 is 2.74 bits per heavy atom. The van der Waals surface area contributed by atoms with Gasteiger partial charge in [0, 0.05) is 37.9 Å². The molecule has 0 saturated carbocycles. The van der Waals surface area contributed by atoms with Crippen molar-refractivity contribution in [2.75, 3.05) is 26.0 Å². The SMILES string of the molecule is CS(=O)(=O)c1ccc(CC(=O)N2C[C@@H]3NC(=O)c4ccc(Cl)c(c4)OCCCn4cc(nn4)CO[C@H]3C2)cc1. The summed E-state index contributed by atoms with van der Waals surface area (Å²) in [5.41, 5.74) is 1.71. The molecule has 0 radical (unpaired) electrons. The zero-order valence-electron chi connectivity index (χ0n) is 21.2. The molecule has 5 rings (SSSR count). The number of hydrogen-bond donors (Lipinski definition) is 1. The largest absolute Gasteiger partial charge is 0.492 e. The predicted octanol–water partition coefficient (Wildman–Crippen LogP) is 1.89. The number of halogens is 1. The molecule has 2 aliphatic heterocycles. The Kier molecular flexibility index (Phi) is 7.87. The second-order valence-corrected chi connectivity index (χ2v) is 12.1. The van der Waals surface area contributed by atoms with Crippen LogP contribution in [-0.2, 0) is 38.9 Å². The number of fused-ring (bicyclic) bond motifs is 5. The van der Waals surface area contributed by atoms with E-state index in [9.17, 15) is 18.0 Å². The fourth-order valence-electron chi connectivity index (χ4n) is 4.55. The minimum atomic E-state index is -3.32. The monoisotopic (exact) mass is 573 g/mol. The van der Waals surface area contributed by atoms with Gasteiger partial charge in [0.25, 0.3) is 5.91 Å². The zero-order chi connectivity index (χ0) is 27.6. The Balaban J connectivity index is 1.34. The van der Waals surface area contributed by atoms with E-state index in [4.69, 9.17) is 21.1 Å². The molecule has 3 aromatic rings. The van der Waals surface area contributed by atoms with Gasteiger partial charge >= 0.3 is 0 Å². The van der Waals surface area contributed by atoms with Crippen LogP contribution < -0.4 is 10.1 Å². The van der Waals surface area contributed by atoms with Crippen molar-refractivity contribution in [1.82, 2.24) is 25.2 Å². The van der Waals surface area contributed by atoms with Crippen molar-refractivity contribution in [3.8, 4) is 5.75 Å². The number of aromatic nitrogens is 3. The van der Waals surface area contributed by atoms with Gasteiger partial charge in [0.05, 0.1) is 47.9 Å². The normalized spacial score (nSPS) is 20.2. The molecule has 1 aromatic heterocycles. The summed E-state index contributed by atoms with van der Waals surface area (Å²) >= 11 is 6.28. The lowest BCUT2D eigenvalue weighted by Gasteiger charge is -2.20. The maximum Gasteiger partial charge on any atom is 0.251 e. The summed E-state index contributed by atoms with van der Waals surface area (Å²) in [6.45, 7) is 1.67. The van der Waals surface area contributed by atoms with Crippen molar-refractivity contribution in [2.45, 2.75) is 43.0 Å². The van der Waals surface area contributed by atoms with Crippen LogP contribution in [0.3, 0.4) is 0 Å². The van der Waals surface area contributed by atoms with Gasteiger partial charge in [0.1, 0.15) is 11.4 Å². The van der Waals surface area contributed by atoms with Crippen LogP contribution in [0.5, 0.6) is 5.75 Å². The van der Waals surface area contributed by atoms with Crippen molar-refractivity contribution < 1.29 is 27.5 Å². The summed E-state index contributed by atoms with van der Waals surface area (Å²) in [4.78, 5) is 28.2. The minimum absolute atomic E-state index is 0.0869. The van der Waals surface area contributed by atoms with Crippen LogP contribution in [0, 0.1) is 0 Å². The van der Waals surface area contributed by atoms with Crippen LogP contribution >= 0.6 is 11.6 Å². The number of sulfone groups is 1. The van der Waals surface area contributed by atoms with Crippen LogP contribution in [0.4, 0.5) is 0 Å². The van der Waals surface area contributed by atoms with E-state index in [0.717, 1.165) is 6.26 Å². The Labute approximate surface area is 230 Å². The van der Waals surface area contributed by atoms with Gasteiger partial charge in [-0.1, -0.05) is 28.9 Å². The van der Waals surface area contributed by atoms with Crippen LogP contribution in [0.25, 0.3) is 0 Å². The standard InChI is InChI=1S/C26H28ClN5O6S/c1-39(35,36)20-6-3-17(4-7-20)11-25(33)31-14-22-24(15-31)38-16-19-13-32(30-29-19)9-2-10-37-23-12-18(26(34)28-22)5-8-21(23)27/h3-8,12-13,22,24H,2,9-11,14-16H2,1H3,(H,28,34)/t22-,24-/m0/s1. The fraction of sp³-hybridized carbons (Fsp3) is 0.385. The van der Waals surface area contributed by atoms with Gasteiger partial charge in [-0.05, 0) is 35.9 Å². The topological polar surface area (TPSA) is 133 Å². The van der Waals surface area contributed by atoms with E-state index in [-0.39, 0.29) is 42.8 Å². The Morgan fingerprint density at radius 1 is 1.18 bits per heavy atom. The van der Waals surface area contributed by atoms with Crippen molar-refractivity contribution in [2.24, 2.45) is 0 Å². The number of nitrogens with one attached hydrogen (secondary N) is 1. The lowest BCUT2D eigenvalue weighted by Crippen LogP contribution is -2.44. The summed E-state index contributed by atoms with van der Waals surface area (Å²) in [5.74, 6) is -0.0844. The fourth-order valence-corrected chi connectivity index (χ4v) is 5.35. The van der Waals surface area contributed by atoms with Crippen molar-refractivity contribution in [3.63, 3.8) is 0 Å². The lowest BCUT2D eigenvalue weighted by atomic mass is 10.1. The quantitative estimate of drug-likeness (QED) is 0.502. The molecule has 0 aliphatic carbocycles. The number of hydrogen-bond acceptors (Lipinski definition) is 8. The van der Waals surface area contributed by atoms with Crippen LogP contribution in [0.1, 0.15) is 28.0 Å². The number of ether oxygens (including phenoxy) is 2. The third-order valence-corrected chi connectivity index (χ3v) is 8.10. The average molecular weight is 574 g/mol. The lowest BCUT2D eigenvalue weighted by molar-refractivity contribution is -0.130. The maximum absolute atomic E-state index is 13.2. The Hall–Kier alpha value is -3.48. The third kappa shape index (κ3) is 6.57. The van der Waals surface area contributed by atoms with Crippen molar-refractivity contribution in [1.29, 1.82) is 0 Å². The molecular formula is C26H28ClN5O6S. The molecule has 13 heteroatoms. The molecule has 4 bridgehead atoms. The molecular weight excluding hydrogens is 546 g/mol. The minimum Gasteiger partial charge on any atom is -0.492 e. The number of nitrogens with zero attached hydrogens (tertiary/aromatic N) is 4. The zero-order valence-corrected chi connectivity index (χ0v) is 22.8. The molecule has 2 amide bonds. The highest BCUT2D eigenvalue weighted by Crippen LogP contribution is 2.26. The van der Waals surface area contributed by atoms with E-state index in [1.807, 2.05) is 0 Å². The molecule has 3 heterocycles. The number of carbonyl (C=O) groups is 2. The molecule has 39 heavy (non-hydrogen) atoms. The van der Waals surface area contributed by atoms with Crippen LogP contribution in [0.2, 0.25) is 5.02 Å². The van der Waals surface area contributed by atoms with Gasteiger partial charge in [-0.3, -0.25) is 14.3 Å². The van der Waals surface area contributed by atoms with E-state index in [2.05, 4.69) is 15.6 Å². The molecule has 11 nitrogen and oxygen atoms in total. The molecule has 0 unspecified atom stereocenters. The highest BCUT2D eigenvalue weighted by molar-refractivity contribution is 7.90. The highest BCUT2D eigenvalue weighted by atomic mass is 35.5. The highest BCUT2D eigenvalue weighted by Gasteiger charge is 2.37. The van der Waals surface area contributed by atoms with Gasteiger partial charge in [0.2, 0.25) is 5.91 Å². The Bertz CT molecular complexity index is 1480. The summed E-state index contributed by atoms with van der Waals surface area (Å²) < 4.78 is 37.1. The van der Waals surface area contributed by atoms with Crippen LogP contribution in [-0.4, -0.2) is 78.2 Å². The molecule has 1 N–H and O–H groups in total. The molecule has 0 spiro atoms. The van der Waals surface area contributed by atoms with Crippen LogP contribution in [0.15, 0.2) is 53.6 Å². The number of aryl methyl sites for hydroxylation is 1. The first-order valence-electron chi connectivity index (χ1n) is 12.5. The molecule has 2 aromatic carbocycles. The number of carbonyl (C=O) groups excluding carboxylic acids is 2. The van der Waals surface area contributed by atoms with Crippen molar-refractivity contribution >= 4 is 33.3 Å². The number of amides is 2. The Morgan fingerprint density at radius 2 is 1.97 bits per heavy atom. The van der Waals surface area contributed by atoms with E-state index >= 15 is 0 Å². The predicted molar refractivity (Wildman–Crippen MR) is 141 cm³/mol. The van der Waals surface area contributed by atoms with E-state index in [1.165, 1.54) is 12.1 Å². The van der Waals surface area contributed by atoms with Crippen molar-refractivity contribution in [3.05, 3.63) is 70.5 Å². The van der Waals surface area contributed by atoms with Gasteiger partial charge in [-0.15, -0.1) is 5.10 Å². The smallest absolute Gasteiger partial charge is 0.251 e. The number of rotatable bonds is 3. The molecule has 1 fully saturated rings. The molecule has 2 aliphatic rings. The number of benzene rings is 2. The van der Waals surface area contributed by atoms with Gasteiger partial charge < -0.3 is 19.7 Å². The first-order valence-corrected chi connectivity index (χ1v) is 14.7. The first-order chi connectivity index (χ1) is 18.7. The molecule has 1 saturated heterocycles. The van der Waals surface area contributed by atoms with E-state index in [0.29, 0.717) is 47.2 Å². The molecule has 206 valence electrons. The summed E-state index contributed by atoms with van der Waals surface area (Å²) in [6.07, 6.45) is 3.20. The van der Waals surface area contributed by atoms with Gasteiger partial charge in [-0.2, -0.15) is 0 Å². The molecule has 2 atom stereocenters. The van der Waals surface area contributed by atoms with E-state index in [1.54, 1.807) is 46.1 Å². The summed E-state index contributed by atoms with van der Waals surface area (Å²) in [5, 5.41) is 11.7.